The van der Waals surface area contributed by atoms with Crippen LogP contribution in [0.25, 0.3) is 0 Å². The largest absolute Gasteiger partial charge is 0.480 e. The zero-order valence-corrected chi connectivity index (χ0v) is 10.9. The first kappa shape index (κ1) is 11.6. The van der Waals surface area contributed by atoms with Crippen molar-refractivity contribution in [2.24, 2.45) is 5.41 Å². The van der Waals surface area contributed by atoms with E-state index in [4.69, 9.17) is 5.11 Å². The molecule has 1 spiro atoms. The molecule has 4 nitrogen and oxygen atoms in total. The summed E-state index contributed by atoms with van der Waals surface area (Å²) in [6.45, 7) is 4.51. The van der Waals surface area contributed by atoms with Gasteiger partial charge in [-0.2, -0.15) is 0 Å². The zero-order valence-electron chi connectivity index (χ0n) is 8.78. The van der Waals surface area contributed by atoms with E-state index in [2.05, 4.69) is 30.9 Å². The van der Waals surface area contributed by atoms with Crippen LogP contribution in [-0.2, 0) is 4.79 Å². The maximum absolute atomic E-state index is 10.6. The van der Waals surface area contributed by atoms with E-state index < -0.39 is 5.97 Å². The van der Waals surface area contributed by atoms with Gasteiger partial charge in [-0.05, 0) is 37.8 Å². The lowest BCUT2D eigenvalue weighted by atomic mass is 9.78. The van der Waals surface area contributed by atoms with Gasteiger partial charge in [0.1, 0.15) is 0 Å². The number of nitrogens with zero attached hydrogens (tertiary/aromatic N) is 2. The van der Waals surface area contributed by atoms with E-state index in [1.165, 1.54) is 32.4 Å². The molecule has 2 heterocycles. The summed E-state index contributed by atoms with van der Waals surface area (Å²) in [6.07, 6.45) is 3.62. The third kappa shape index (κ3) is 2.82. The number of hydrogen-bond donors (Lipinski definition) is 1. The Morgan fingerprint density at radius 1 is 1.27 bits per heavy atom. The first-order valence-corrected chi connectivity index (χ1v) is 6.41. The lowest BCUT2D eigenvalue weighted by Gasteiger charge is -2.38. The van der Waals surface area contributed by atoms with Crippen molar-refractivity contribution in [1.29, 1.82) is 0 Å². The molecule has 0 amide bonds. The Morgan fingerprint density at radius 2 is 1.87 bits per heavy atom. The number of carboxylic acids is 1. The van der Waals surface area contributed by atoms with Crippen molar-refractivity contribution in [1.82, 2.24) is 8.01 Å². The summed E-state index contributed by atoms with van der Waals surface area (Å²) in [5.41, 5.74) is 0.496. The lowest BCUT2D eigenvalue weighted by molar-refractivity contribution is -0.138. The van der Waals surface area contributed by atoms with Gasteiger partial charge < -0.3 is 5.11 Å². The van der Waals surface area contributed by atoms with Gasteiger partial charge in [0.2, 0.25) is 0 Å². The number of hydrogen-bond acceptors (Lipinski definition) is 3. The molecule has 2 rings (SSSR count). The molecule has 0 atom stereocenters. The minimum atomic E-state index is -0.701. The minimum absolute atomic E-state index is 0.212. The molecule has 0 aromatic rings. The fraction of sp³-hybridized carbons (Fsp3) is 0.900. The molecule has 0 saturated carbocycles. The molecule has 2 aliphatic heterocycles. The highest BCUT2D eigenvalue weighted by molar-refractivity contribution is 14.1. The van der Waals surface area contributed by atoms with E-state index in [-0.39, 0.29) is 6.54 Å². The van der Waals surface area contributed by atoms with Crippen molar-refractivity contribution in [2.75, 3.05) is 32.7 Å². The summed E-state index contributed by atoms with van der Waals surface area (Å²) in [4.78, 5) is 12.6. The van der Waals surface area contributed by atoms with Crippen LogP contribution in [0, 0.1) is 5.41 Å². The Balaban J connectivity index is 1.84. The summed E-state index contributed by atoms with van der Waals surface area (Å²) >= 11 is 2.40. The van der Waals surface area contributed by atoms with Crippen LogP contribution in [-0.4, -0.2) is 51.8 Å². The number of carbonyl (C=O) groups is 1. The lowest BCUT2D eigenvalue weighted by Crippen LogP contribution is -2.42. The van der Waals surface area contributed by atoms with Gasteiger partial charge in [-0.25, -0.2) is 3.11 Å². The number of likely N-dealkylation sites (tertiary alicyclic amines) is 1. The van der Waals surface area contributed by atoms with Gasteiger partial charge in [0.05, 0.1) is 6.54 Å². The van der Waals surface area contributed by atoms with Gasteiger partial charge in [0.15, 0.2) is 0 Å². The zero-order chi connectivity index (χ0) is 10.9. The van der Waals surface area contributed by atoms with Crippen molar-refractivity contribution in [2.45, 2.75) is 19.3 Å². The molecule has 15 heavy (non-hydrogen) atoms. The Morgan fingerprint density at radius 3 is 2.33 bits per heavy atom. The molecule has 2 aliphatic rings. The normalized spacial score (nSPS) is 27.3. The predicted molar refractivity (Wildman–Crippen MR) is 66.0 cm³/mol. The first-order valence-electron chi connectivity index (χ1n) is 5.45. The van der Waals surface area contributed by atoms with Crippen molar-refractivity contribution in [3.05, 3.63) is 0 Å². The quantitative estimate of drug-likeness (QED) is 0.613. The fourth-order valence-corrected chi connectivity index (χ4v) is 3.63. The van der Waals surface area contributed by atoms with Crippen molar-refractivity contribution in [3.8, 4) is 0 Å². The van der Waals surface area contributed by atoms with Crippen LogP contribution in [0.5, 0.6) is 0 Å². The number of aliphatic carboxylic acids is 1. The van der Waals surface area contributed by atoms with E-state index in [9.17, 15) is 4.79 Å². The average Bonchev–Trinajstić information content (AvgIpc) is 2.52. The van der Waals surface area contributed by atoms with Gasteiger partial charge in [0.25, 0.3) is 0 Å². The molecule has 86 valence electrons. The van der Waals surface area contributed by atoms with Gasteiger partial charge >= 0.3 is 5.97 Å². The van der Waals surface area contributed by atoms with Crippen molar-refractivity contribution < 1.29 is 9.90 Å². The predicted octanol–water partition coefficient (Wildman–Crippen LogP) is 1.21. The van der Waals surface area contributed by atoms with E-state index >= 15 is 0 Å². The molecule has 0 aromatic heterocycles. The Labute approximate surface area is 104 Å². The Kier molecular flexibility index (Phi) is 3.52. The SMILES string of the molecule is O=C(O)CN1CCC2(CCN(I)C2)CC1. The van der Waals surface area contributed by atoms with Gasteiger partial charge in [0, 0.05) is 36.0 Å². The van der Waals surface area contributed by atoms with Crippen LogP contribution in [0.1, 0.15) is 19.3 Å². The number of carboxylic acid groups (broad SMARTS) is 1. The van der Waals surface area contributed by atoms with Crippen molar-refractivity contribution >= 4 is 28.8 Å². The van der Waals surface area contributed by atoms with Crippen LogP contribution in [0.4, 0.5) is 0 Å². The molecular weight excluding hydrogens is 307 g/mol. The topological polar surface area (TPSA) is 43.8 Å². The van der Waals surface area contributed by atoms with E-state index in [1.807, 2.05) is 0 Å². The first-order chi connectivity index (χ1) is 7.10. The fourth-order valence-electron chi connectivity index (χ4n) is 2.67. The molecule has 0 aromatic carbocycles. The summed E-state index contributed by atoms with van der Waals surface area (Å²) in [5, 5.41) is 8.71. The van der Waals surface area contributed by atoms with Crippen LogP contribution in [0.2, 0.25) is 0 Å². The van der Waals surface area contributed by atoms with E-state index in [0.717, 1.165) is 13.1 Å². The molecule has 5 heteroatoms. The summed E-state index contributed by atoms with van der Waals surface area (Å²) in [7, 11) is 0. The monoisotopic (exact) mass is 324 g/mol. The Hall–Kier alpha value is 0.120. The standard InChI is InChI=1S/C10H17IN2O2/c11-13-6-3-10(8-13)1-4-12(5-2-10)7-9(14)15/h1-8H2,(H,14,15). The summed E-state index contributed by atoms with van der Waals surface area (Å²) < 4.78 is 2.37. The highest BCUT2D eigenvalue weighted by Gasteiger charge is 2.39. The molecule has 0 radical (unpaired) electrons. The van der Waals surface area contributed by atoms with Crippen LogP contribution in [0.15, 0.2) is 0 Å². The molecule has 0 aliphatic carbocycles. The number of halogens is 1. The number of piperidine rings is 1. The van der Waals surface area contributed by atoms with Crippen LogP contribution < -0.4 is 0 Å². The Bertz CT molecular complexity index is 252. The van der Waals surface area contributed by atoms with Crippen molar-refractivity contribution in [3.63, 3.8) is 0 Å². The van der Waals surface area contributed by atoms with E-state index in [0.29, 0.717) is 5.41 Å². The third-order valence-electron chi connectivity index (χ3n) is 3.67. The average molecular weight is 324 g/mol. The second kappa shape index (κ2) is 4.55. The highest BCUT2D eigenvalue weighted by atomic mass is 127. The number of rotatable bonds is 2. The summed E-state index contributed by atoms with van der Waals surface area (Å²) in [5.74, 6) is -0.701. The maximum atomic E-state index is 10.6. The smallest absolute Gasteiger partial charge is 0.317 e. The second-order valence-electron chi connectivity index (χ2n) is 4.76. The highest BCUT2D eigenvalue weighted by Crippen LogP contribution is 2.41. The van der Waals surface area contributed by atoms with Gasteiger partial charge in [-0.3, -0.25) is 9.69 Å². The minimum Gasteiger partial charge on any atom is -0.480 e. The third-order valence-corrected chi connectivity index (χ3v) is 4.49. The second-order valence-corrected chi connectivity index (χ2v) is 6.13. The van der Waals surface area contributed by atoms with E-state index in [1.54, 1.807) is 0 Å². The van der Waals surface area contributed by atoms with Crippen LogP contribution >= 0.6 is 22.9 Å². The molecule has 0 bridgehead atoms. The van der Waals surface area contributed by atoms with Gasteiger partial charge in [-0.1, -0.05) is 0 Å². The van der Waals surface area contributed by atoms with Crippen LogP contribution in [0.3, 0.4) is 0 Å². The molecule has 2 saturated heterocycles. The maximum Gasteiger partial charge on any atom is 0.317 e. The molecular formula is C10H17IN2O2. The molecule has 0 unspecified atom stereocenters. The summed E-state index contributed by atoms with van der Waals surface area (Å²) in [6, 6.07) is 0. The molecule has 1 N–H and O–H groups in total. The van der Waals surface area contributed by atoms with Gasteiger partial charge in [-0.15, -0.1) is 0 Å². The molecule has 2 fully saturated rings.